The number of nitrogens with one attached hydrogen (secondary N) is 1. The first-order chi connectivity index (χ1) is 10.7. The van der Waals surface area contributed by atoms with E-state index in [2.05, 4.69) is 18.3 Å². The van der Waals surface area contributed by atoms with Crippen molar-refractivity contribution in [2.24, 2.45) is 5.92 Å². The fourth-order valence-corrected chi connectivity index (χ4v) is 2.93. The Labute approximate surface area is 131 Å². The van der Waals surface area contributed by atoms with Crippen LogP contribution in [0.1, 0.15) is 48.5 Å². The van der Waals surface area contributed by atoms with Crippen molar-refractivity contribution in [1.29, 1.82) is 0 Å². The van der Waals surface area contributed by atoms with Gasteiger partial charge in [0.2, 0.25) is 0 Å². The lowest BCUT2D eigenvalue weighted by Crippen LogP contribution is -2.26. The minimum atomic E-state index is -0.193. The van der Waals surface area contributed by atoms with Gasteiger partial charge in [0.15, 0.2) is 0 Å². The number of aliphatic hydroxyl groups excluding tert-OH is 1. The average Bonchev–Trinajstić information content (AvgIpc) is 3.38. The normalized spacial score (nSPS) is 17.2. The molecule has 0 spiro atoms. The molecule has 2 aromatic carbocycles. The minimum Gasteiger partial charge on any atom is -0.392 e. The highest BCUT2D eigenvalue weighted by Crippen LogP contribution is 2.42. The molecule has 2 N–H and O–H groups in total. The van der Waals surface area contributed by atoms with Crippen LogP contribution in [-0.2, 0) is 6.61 Å². The van der Waals surface area contributed by atoms with E-state index in [1.165, 1.54) is 30.5 Å². The summed E-state index contributed by atoms with van der Waals surface area (Å²) in [6, 6.07) is 15.3. The van der Waals surface area contributed by atoms with Crippen LogP contribution in [0.2, 0.25) is 0 Å². The first-order valence-corrected chi connectivity index (χ1v) is 7.88. The molecule has 1 saturated carbocycles. The Balaban J connectivity index is 1.77. The summed E-state index contributed by atoms with van der Waals surface area (Å²) in [5, 5.41) is 13.0. The molecule has 3 rings (SSSR count). The summed E-state index contributed by atoms with van der Waals surface area (Å²) >= 11 is 0. The second kappa shape index (κ2) is 6.59. The van der Waals surface area contributed by atoms with Gasteiger partial charge in [-0.2, -0.15) is 0 Å². The Hall–Kier alpha value is -1.71. The molecular formula is C19H22FNO. The Bertz CT molecular complexity index is 622. The molecule has 116 valence electrons. The van der Waals surface area contributed by atoms with Crippen molar-refractivity contribution in [1.82, 2.24) is 5.32 Å². The van der Waals surface area contributed by atoms with Crippen molar-refractivity contribution in [2.75, 3.05) is 0 Å². The average molecular weight is 299 g/mol. The van der Waals surface area contributed by atoms with Crippen LogP contribution >= 0.6 is 0 Å². The SMILES string of the molecule is CC(NC(c1ccc(F)cc1)C1CC1)c1cccc(CO)c1. The molecular weight excluding hydrogens is 277 g/mol. The maximum Gasteiger partial charge on any atom is 0.123 e. The summed E-state index contributed by atoms with van der Waals surface area (Å²) in [5.41, 5.74) is 3.24. The molecule has 0 heterocycles. The summed E-state index contributed by atoms with van der Waals surface area (Å²) in [6.45, 7) is 2.19. The third kappa shape index (κ3) is 3.54. The van der Waals surface area contributed by atoms with E-state index >= 15 is 0 Å². The van der Waals surface area contributed by atoms with E-state index in [1.54, 1.807) is 0 Å². The maximum absolute atomic E-state index is 13.1. The molecule has 22 heavy (non-hydrogen) atoms. The zero-order valence-electron chi connectivity index (χ0n) is 12.8. The van der Waals surface area contributed by atoms with Gasteiger partial charge in [0.05, 0.1) is 6.61 Å². The number of hydrogen-bond donors (Lipinski definition) is 2. The third-order valence-corrected chi connectivity index (χ3v) is 4.39. The van der Waals surface area contributed by atoms with Crippen molar-refractivity contribution in [3.05, 3.63) is 71.0 Å². The smallest absolute Gasteiger partial charge is 0.123 e. The summed E-state index contributed by atoms with van der Waals surface area (Å²) in [4.78, 5) is 0. The summed E-state index contributed by atoms with van der Waals surface area (Å²) in [7, 11) is 0. The molecule has 1 fully saturated rings. The number of hydrogen-bond acceptors (Lipinski definition) is 2. The van der Waals surface area contributed by atoms with E-state index in [9.17, 15) is 9.50 Å². The van der Waals surface area contributed by atoms with Crippen molar-refractivity contribution in [3.8, 4) is 0 Å². The van der Waals surface area contributed by atoms with E-state index in [0.29, 0.717) is 5.92 Å². The lowest BCUT2D eigenvalue weighted by atomic mass is 9.99. The summed E-state index contributed by atoms with van der Waals surface area (Å²) in [5.74, 6) is 0.441. The van der Waals surface area contributed by atoms with Gasteiger partial charge < -0.3 is 10.4 Å². The Kier molecular flexibility index (Phi) is 4.55. The monoisotopic (exact) mass is 299 g/mol. The Morgan fingerprint density at radius 1 is 1.14 bits per heavy atom. The number of rotatable bonds is 6. The second-order valence-corrected chi connectivity index (χ2v) is 6.16. The Morgan fingerprint density at radius 2 is 1.86 bits per heavy atom. The predicted octanol–water partition coefficient (Wildman–Crippen LogP) is 4.12. The van der Waals surface area contributed by atoms with E-state index < -0.39 is 0 Å². The van der Waals surface area contributed by atoms with Crippen molar-refractivity contribution >= 4 is 0 Å². The fourth-order valence-electron chi connectivity index (χ4n) is 2.93. The first-order valence-electron chi connectivity index (χ1n) is 7.88. The van der Waals surface area contributed by atoms with Crippen molar-refractivity contribution in [2.45, 2.75) is 38.5 Å². The maximum atomic E-state index is 13.1. The largest absolute Gasteiger partial charge is 0.392 e. The van der Waals surface area contributed by atoms with Crippen molar-refractivity contribution in [3.63, 3.8) is 0 Å². The number of halogens is 1. The van der Waals surface area contributed by atoms with Gasteiger partial charge in [-0.1, -0.05) is 36.4 Å². The molecule has 1 aliphatic carbocycles. The fraction of sp³-hybridized carbons (Fsp3) is 0.368. The molecule has 2 aromatic rings. The molecule has 2 atom stereocenters. The zero-order valence-corrected chi connectivity index (χ0v) is 12.8. The van der Waals surface area contributed by atoms with Crippen LogP contribution in [0, 0.1) is 11.7 Å². The second-order valence-electron chi connectivity index (χ2n) is 6.16. The zero-order chi connectivity index (χ0) is 15.5. The lowest BCUT2D eigenvalue weighted by Gasteiger charge is -2.24. The van der Waals surface area contributed by atoms with E-state index in [-0.39, 0.29) is 24.5 Å². The molecule has 0 bridgehead atoms. The van der Waals surface area contributed by atoms with Crippen LogP contribution in [0.25, 0.3) is 0 Å². The standard InChI is InChI=1S/C19H22FNO/c1-13(17-4-2-3-14(11-17)12-22)21-19(15-5-6-15)16-7-9-18(20)10-8-16/h2-4,7-11,13,15,19,21-22H,5-6,12H2,1H3. The molecule has 2 nitrogen and oxygen atoms in total. The molecule has 0 saturated heterocycles. The van der Waals surface area contributed by atoms with Gasteiger partial charge in [-0.15, -0.1) is 0 Å². The molecule has 2 unspecified atom stereocenters. The first kappa shape index (κ1) is 15.2. The lowest BCUT2D eigenvalue weighted by molar-refractivity contribution is 0.281. The van der Waals surface area contributed by atoms with Crippen LogP contribution in [0.15, 0.2) is 48.5 Å². The molecule has 0 aromatic heterocycles. The molecule has 3 heteroatoms. The topological polar surface area (TPSA) is 32.3 Å². The quantitative estimate of drug-likeness (QED) is 0.841. The molecule has 0 aliphatic heterocycles. The highest BCUT2D eigenvalue weighted by Gasteiger charge is 2.33. The van der Waals surface area contributed by atoms with Gasteiger partial charge in [-0.05, 0) is 54.5 Å². The molecule has 0 amide bonds. The van der Waals surface area contributed by atoms with Gasteiger partial charge in [0, 0.05) is 12.1 Å². The summed E-state index contributed by atoms with van der Waals surface area (Å²) in [6.07, 6.45) is 2.44. The van der Waals surface area contributed by atoms with E-state index in [1.807, 2.05) is 30.3 Å². The van der Waals surface area contributed by atoms with Gasteiger partial charge in [0.25, 0.3) is 0 Å². The third-order valence-electron chi connectivity index (χ3n) is 4.39. The molecule has 0 radical (unpaired) electrons. The highest BCUT2D eigenvalue weighted by molar-refractivity contribution is 5.27. The van der Waals surface area contributed by atoms with Crippen molar-refractivity contribution < 1.29 is 9.50 Å². The number of aliphatic hydroxyl groups is 1. The van der Waals surface area contributed by atoms with Gasteiger partial charge >= 0.3 is 0 Å². The van der Waals surface area contributed by atoms with Crippen LogP contribution in [0.5, 0.6) is 0 Å². The predicted molar refractivity (Wildman–Crippen MR) is 85.8 cm³/mol. The number of benzene rings is 2. The van der Waals surface area contributed by atoms with Gasteiger partial charge in [-0.25, -0.2) is 4.39 Å². The Morgan fingerprint density at radius 3 is 2.50 bits per heavy atom. The summed E-state index contributed by atoms with van der Waals surface area (Å²) < 4.78 is 13.1. The van der Waals surface area contributed by atoms with Gasteiger partial charge in [-0.3, -0.25) is 0 Å². The highest BCUT2D eigenvalue weighted by atomic mass is 19.1. The van der Waals surface area contributed by atoms with Crippen LogP contribution in [0.3, 0.4) is 0 Å². The van der Waals surface area contributed by atoms with Crippen LogP contribution in [0.4, 0.5) is 4.39 Å². The van der Waals surface area contributed by atoms with Gasteiger partial charge in [0.1, 0.15) is 5.82 Å². The van der Waals surface area contributed by atoms with Crippen LogP contribution < -0.4 is 5.32 Å². The van der Waals surface area contributed by atoms with Crippen LogP contribution in [-0.4, -0.2) is 5.11 Å². The van der Waals surface area contributed by atoms with E-state index in [0.717, 1.165) is 11.1 Å². The van der Waals surface area contributed by atoms with E-state index in [4.69, 9.17) is 0 Å². The minimum absolute atomic E-state index is 0.0601. The molecule has 1 aliphatic rings.